The highest BCUT2D eigenvalue weighted by atomic mass is 32.2. The van der Waals surface area contributed by atoms with Crippen LogP contribution in [-0.4, -0.2) is 65.1 Å². The zero-order valence-electron chi connectivity index (χ0n) is 18.0. The first-order chi connectivity index (χ1) is 14.5. The van der Waals surface area contributed by atoms with Gasteiger partial charge in [-0.15, -0.1) is 0 Å². The monoisotopic (exact) mass is 447 g/mol. The first-order valence-corrected chi connectivity index (χ1v) is 11.1. The van der Waals surface area contributed by atoms with Crippen molar-refractivity contribution >= 4 is 39.2 Å². The van der Waals surface area contributed by atoms with Gasteiger partial charge in [0.2, 0.25) is 15.9 Å². The van der Waals surface area contributed by atoms with Gasteiger partial charge in [0.05, 0.1) is 24.6 Å². The maximum absolute atomic E-state index is 12.6. The number of amides is 2. The summed E-state index contributed by atoms with van der Waals surface area (Å²) in [6, 6.07) is 10.7. The number of anilines is 2. The summed E-state index contributed by atoms with van der Waals surface area (Å²) in [4.78, 5) is 37.9. The van der Waals surface area contributed by atoms with E-state index in [1.807, 2.05) is 0 Å². The van der Waals surface area contributed by atoms with Crippen molar-refractivity contribution in [3.8, 4) is 0 Å². The molecular formula is C21H25N3O6S. The average Bonchev–Trinajstić information content (AvgIpc) is 2.71. The Hall–Kier alpha value is -3.40. The fourth-order valence-corrected chi connectivity index (χ4v) is 3.71. The van der Waals surface area contributed by atoms with E-state index in [1.165, 1.54) is 36.3 Å². The lowest BCUT2D eigenvalue weighted by Crippen LogP contribution is -2.37. The fraction of sp³-hybridized carbons (Fsp3) is 0.286. The molecule has 0 aliphatic carbocycles. The number of hydrogen-bond acceptors (Lipinski definition) is 6. The van der Waals surface area contributed by atoms with Crippen molar-refractivity contribution < 1.29 is 27.5 Å². The molecule has 2 aromatic rings. The molecule has 10 heteroatoms. The number of carbonyl (C=O) groups excluding carboxylic acids is 3. The Morgan fingerprint density at radius 2 is 1.65 bits per heavy atom. The normalized spacial score (nSPS) is 10.9. The molecule has 2 aromatic carbocycles. The van der Waals surface area contributed by atoms with Crippen LogP contribution >= 0.6 is 0 Å². The van der Waals surface area contributed by atoms with E-state index in [9.17, 15) is 22.8 Å². The van der Waals surface area contributed by atoms with Crippen molar-refractivity contribution in [3.63, 3.8) is 0 Å². The number of nitrogens with one attached hydrogen (secondary N) is 1. The van der Waals surface area contributed by atoms with E-state index in [0.717, 1.165) is 10.6 Å². The molecular weight excluding hydrogens is 422 g/mol. The van der Waals surface area contributed by atoms with Crippen LogP contribution in [0.1, 0.15) is 26.3 Å². The van der Waals surface area contributed by atoms with Gasteiger partial charge >= 0.3 is 5.97 Å². The Bertz CT molecular complexity index is 1090. The molecule has 0 bridgehead atoms. The molecule has 0 aliphatic heterocycles. The number of benzene rings is 2. The number of nitrogens with zero attached hydrogens (tertiary/aromatic N) is 2. The summed E-state index contributed by atoms with van der Waals surface area (Å²) in [5, 5.41) is 2.63. The predicted molar refractivity (Wildman–Crippen MR) is 118 cm³/mol. The van der Waals surface area contributed by atoms with Gasteiger partial charge in [-0.3, -0.25) is 13.9 Å². The van der Waals surface area contributed by atoms with Crippen molar-refractivity contribution in [3.05, 3.63) is 59.2 Å². The minimum atomic E-state index is -3.79. The van der Waals surface area contributed by atoms with E-state index in [2.05, 4.69) is 5.32 Å². The number of ether oxygens (including phenoxy) is 1. The van der Waals surface area contributed by atoms with Crippen LogP contribution in [0.5, 0.6) is 0 Å². The summed E-state index contributed by atoms with van der Waals surface area (Å²) in [6.07, 6.45) is 0.988. The topological polar surface area (TPSA) is 113 Å². The second kappa shape index (κ2) is 9.61. The first kappa shape index (κ1) is 23.9. The highest BCUT2D eigenvalue weighted by molar-refractivity contribution is 7.92. The molecule has 2 rings (SSSR count). The van der Waals surface area contributed by atoms with Gasteiger partial charge in [-0.05, 0) is 48.9 Å². The molecule has 0 unspecified atom stereocenters. The third kappa shape index (κ3) is 5.82. The van der Waals surface area contributed by atoms with Crippen LogP contribution in [0.2, 0.25) is 0 Å². The molecule has 0 radical (unpaired) electrons. The summed E-state index contributed by atoms with van der Waals surface area (Å²) >= 11 is 0. The van der Waals surface area contributed by atoms with E-state index in [0.29, 0.717) is 22.4 Å². The van der Waals surface area contributed by atoms with Crippen LogP contribution in [0, 0.1) is 6.92 Å². The molecule has 1 N–H and O–H groups in total. The molecule has 0 fully saturated rings. The Kier molecular flexibility index (Phi) is 7.40. The number of carbonyl (C=O) groups is 3. The largest absolute Gasteiger partial charge is 0.465 e. The molecule has 0 aromatic heterocycles. The number of sulfonamides is 1. The average molecular weight is 448 g/mol. The number of esters is 1. The highest BCUT2D eigenvalue weighted by Gasteiger charge is 2.22. The lowest BCUT2D eigenvalue weighted by Gasteiger charge is -2.22. The van der Waals surface area contributed by atoms with E-state index in [4.69, 9.17) is 4.74 Å². The Morgan fingerprint density at radius 1 is 1.03 bits per heavy atom. The van der Waals surface area contributed by atoms with E-state index >= 15 is 0 Å². The van der Waals surface area contributed by atoms with Gasteiger partial charge in [0.15, 0.2) is 0 Å². The van der Waals surface area contributed by atoms with Gasteiger partial charge in [-0.25, -0.2) is 13.2 Å². The summed E-state index contributed by atoms with van der Waals surface area (Å²) in [5.41, 5.74) is 1.80. The summed E-state index contributed by atoms with van der Waals surface area (Å²) in [6.45, 7) is 1.17. The molecule has 2 amide bonds. The molecule has 31 heavy (non-hydrogen) atoms. The van der Waals surface area contributed by atoms with Crippen molar-refractivity contribution in [2.75, 3.05) is 43.6 Å². The zero-order chi connectivity index (χ0) is 23.3. The van der Waals surface area contributed by atoms with Crippen molar-refractivity contribution in [2.24, 2.45) is 0 Å². The van der Waals surface area contributed by atoms with Crippen LogP contribution in [0.15, 0.2) is 42.5 Å². The Morgan fingerprint density at radius 3 is 2.16 bits per heavy atom. The van der Waals surface area contributed by atoms with E-state index < -0.39 is 28.4 Å². The molecule has 9 nitrogen and oxygen atoms in total. The molecule has 0 saturated heterocycles. The van der Waals surface area contributed by atoms with Crippen LogP contribution in [0.25, 0.3) is 0 Å². The minimum Gasteiger partial charge on any atom is -0.465 e. The van der Waals surface area contributed by atoms with Gasteiger partial charge in [0.25, 0.3) is 5.91 Å². The second-order valence-corrected chi connectivity index (χ2v) is 8.94. The van der Waals surface area contributed by atoms with Crippen LogP contribution < -0.4 is 9.62 Å². The van der Waals surface area contributed by atoms with Crippen LogP contribution in [-0.2, 0) is 19.6 Å². The highest BCUT2D eigenvalue weighted by Crippen LogP contribution is 2.22. The Balaban J connectivity index is 2.26. The number of rotatable bonds is 7. The van der Waals surface area contributed by atoms with Crippen molar-refractivity contribution in [2.45, 2.75) is 6.92 Å². The van der Waals surface area contributed by atoms with Crippen molar-refractivity contribution in [1.82, 2.24) is 4.90 Å². The fourth-order valence-electron chi connectivity index (χ4n) is 2.85. The lowest BCUT2D eigenvalue weighted by atomic mass is 10.1. The number of hydrogen-bond donors (Lipinski definition) is 1. The predicted octanol–water partition coefficient (Wildman–Crippen LogP) is 1.89. The summed E-state index contributed by atoms with van der Waals surface area (Å²) < 4.78 is 30.3. The van der Waals surface area contributed by atoms with Crippen molar-refractivity contribution in [1.29, 1.82) is 0 Å². The van der Waals surface area contributed by atoms with Gasteiger partial charge < -0.3 is 15.0 Å². The minimum absolute atomic E-state index is 0.226. The van der Waals surface area contributed by atoms with Gasteiger partial charge in [-0.1, -0.05) is 6.07 Å². The summed E-state index contributed by atoms with van der Waals surface area (Å²) in [7, 11) is 0.694. The third-order valence-electron chi connectivity index (χ3n) is 4.51. The zero-order valence-corrected chi connectivity index (χ0v) is 18.8. The maximum atomic E-state index is 12.6. The molecule has 0 heterocycles. The van der Waals surface area contributed by atoms with Gasteiger partial charge in [-0.2, -0.15) is 0 Å². The first-order valence-electron chi connectivity index (χ1n) is 9.23. The maximum Gasteiger partial charge on any atom is 0.338 e. The quantitative estimate of drug-likeness (QED) is 0.649. The Labute approximate surface area is 181 Å². The molecule has 0 aliphatic rings. The third-order valence-corrected chi connectivity index (χ3v) is 5.65. The molecule has 0 atom stereocenters. The van der Waals surface area contributed by atoms with Gasteiger partial charge in [0.1, 0.15) is 6.54 Å². The molecule has 0 saturated carbocycles. The SMILES string of the molecule is COC(=O)c1cccc(NC(=O)CN(c2ccc(C(=O)N(C)C)cc2)S(C)(=O)=O)c1C. The van der Waals surface area contributed by atoms with Crippen LogP contribution in [0.4, 0.5) is 11.4 Å². The standard InChI is InChI=1S/C21H25N3O6S/c1-14-17(21(27)30-4)7-6-8-18(14)22-19(25)13-24(31(5,28)29)16-11-9-15(10-12-16)20(26)23(2)3/h6-12H,13H2,1-5H3,(H,22,25). The molecule has 166 valence electrons. The molecule has 0 spiro atoms. The smallest absolute Gasteiger partial charge is 0.338 e. The van der Waals surface area contributed by atoms with Gasteiger partial charge in [0, 0.05) is 25.3 Å². The summed E-state index contributed by atoms with van der Waals surface area (Å²) in [5.74, 6) is -1.36. The van der Waals surface area contributed by atoms with E-state index in [1.54, 1.807) is 39.2 Å². The lowest BCUT2D eigenvalue weighted by molar-refractivity contribution is -0.114. The second-order valence-electron chi connectivity index (χ2n) is 7.03. The van der Waals surface area contributed by atoms with Crippen LogP contribution in [0.3, 0.4) is 0 Å². The van der Waals surface area contributed by atoms with E-state index in [-0.39, 0.29) is 11.6 Å². The number of methoxy groups -OCH3 is 1.